The summed E-state index contributed by atoms with van der Waals surface area (Å²) in [6, 6.07) is 12.5. The summed E-state index contributed by atoms with van der Waals surface area (Å²) in [6.07, 6.45) is 8.19. The quantitative estimate of drug-likeness (QED) is 0.550. The van der Waals surface area contributed by atoms with Crippen molar-refractivity contribution in [2.45, 2.75) is 32.2 Å². The van der Waals surface area contributed by atoms with Gasteiger partial charge in [-0.15, -0.1) is 0 Å². The number of aryl methyl sites for hydroxylation is 1. The van der Waals surface area contributed by atoms with Gasteiger partial charge in [-0.1, -0.05) is 6.07 Å². The first-order valence-electron chi connectivity index (χ1n) is 9.78. The van der Waals surface area contributed by atoms with Crippen LogP contribution in [0.2, 0.25) is 0 Å². The normalized spacial score (nSPS) is 15.3. The second kappa shape index (κ2) is 7.80. The van der Waals surface area contributed by atoms with E-state index in [1.165, 1.54) is 17.3 Å². The van der Waals surface area contributed by atoms with E-state index in [0.717, 1.165) is 53.0 Å². The average Bonchev–Trinajstić information content (AvgIpc) is 3.14. The van der Waals surface area contributed by atoms with Gasteiger partial charge in [0.2, 0.25) is 0 Å². The van der Waals surface area contributed by atoms with Gasteiger partial charge in [0.05, 0.1) is 29.6 Å². The Morgan fingerprint density at radius 2 is 2.14 bits per heavy atom. The van der Waals surface area contributed by atoms with E-state index in [4.69, 9.17) is 5.41 Å². The minimum absolute atomic E-state index is 0.210. The molecule has 0 aliphatic heterocycles. The Labute approximate surface area is 170 Å². The van der Waals surface area contributed by atoms with Gasteiger partial charge in [-0.05, 0) is 67.1 Å². The summed E-state index contributed by atoms with van der Waals surface area (Å²) >= 11 is 0. The Kier molecular flexibility index (Phi) is 5.05. The van der Waals surface area contributed by atoms with Gasteiger partial charge in [0, 0.05) is 36.4 Å². The number of benzene rings is 2. The largest absolute Gasteiger partial charge is 0.378 e. The zero-order valence-electron chi connectivity index (χ0n) is 16.7. The maximum absolute atomic E-state index is 9.33. The fraction of sp³-hybridized carbons (Fsp3) is 0.261. The van der Waals surface area contributed by atoms with Crippen LogP contribution in [0.5, 0.6) is 0 Å². The maximum Gasteiger partial charge on any atom is 0.0994 e. The standard InChI is InChI=1S/C23H24N6/c1-15-16(11-24)7-9-21-20(15)4-3-5-22(21)27-18-8-6-17(12-25)23(10-18)28-19-13-26-29(2)14-19/h6-10,12-14,22,25,27-28H,3-5H2,1-2H3/t22-/m0/s1. The van der Waals surface area contributed by atoms with Crippen LogP contribution < -0.4 is 10.6 Å². The number of rotatable bonds is 5. The monoisotopic (exact) mass is 384 g/mol. The molecule has 3 aromatic rings. The van der Waals surface area contributed by atoms with Crippen LogP contribution in [0.15, 0.2) is 42.7 Å². The van der Waals surface area contributed by atoms with Gasteiger partial charge >= 0.3 is 0 Å². The van der Waals surface area contributed by atoms with Crippen molar-refractivity contribution in [3.8, 4) is 6.07 Å². The number of hydrogen-bond acceptors (Lipinski definition) is 5. The third kappa shape index (κ3) is 3.72. The van der Waals surface area contributed by atoms with E-state index in [1.54, 1.807) is 10.9 Å². The predicted octanol–water partition coefficient (Wildman–Crippen LogP) is 4.83. The summed E-state index contributed by atoms with van der Waals surface area (Å²) < 4.78 is 1.74. The third-order valence-electron chi connectivity index (χ3n) is 5.58. The number of aromatic nitrogens is 2. The molecule has 0 saturated carbocycles. The molecule has 6 heteroatoms. The topological polar surface area (TPSA) is 89.5 Å². The summed E-state index contributed by atoms with van der Waals surface area (Å²) in [4.78, 5) is 0. The Morgan fingerprint density at radius 1 is 1.28 bits per heavy atom. The Balaban J connectivity index is 1.62. The fourth-order valence-electron chi connectivity index (χ4n) is 4.07. The molecule has 0 bridgehead atoms. The van der Waals surface area contributed by atoms with E-state index in [2.05, 4.69) is 34.8 Å². The second-order valence-electron chi connectivity index (χ2n) is 7.48. The van der Waals surface area contributed by atoms with Crippen molar-refractivity contribution in [1.29, 1.82) is 10.7 Å². The van der Waals surface area contributed by atoms with Crippen molar-refractivity contribution >= 4 is 23.3 Å². The van der Waals surface area contributed by atoms with E-state index in [1.807, 2.05) is 37.5 Å². The minimum atomic E-state index is 0.210. The minimum Gasteiger partial charge on any atom is -0.378 e. The number of fused-ring (bicyclic) bond motifs is 1. The van der Waals surface area contributed by atoms with Crippen LogP contribution in [0.25, 0.3) is 0 Å². The molecule has 2 aromatic carbocycles. The second-order valence-corrected chi connectivity index (χ2v) is 7.48. The Bertz CT molecular complexity index is 1110. The van der Waals surface area contributed by atoms with Gasteiger partial charge in [-0.2, -0.15) is 10.4 Å². The van der Waals surface area contributed by atoms with Gasteiger partial charge in [-0.25, -0.2) is 0 Å². The molecular formula is C23H24N6. The van der Waals surface area contributed by atoms with Crippen LogP contribution in [0.4, 0.5) is 17.1 Å². The molecule has 3 N–H and O–H groups in total. The van der Waals surface area contributed by atoms with E-state index in [-0.39, 0.29) is 6.04 Å². The van der Waals surface area contributed by atoms with Crippen molar-refractivity contribution < 1.29 is 0 Å². The van der Waals surface area contributed by atoms with Crippen LogP contribution in [0.1, 0.15) is 46.7 Å². The van der Waals surface area contributed by atoms with Crippen molar-refractivity contribution in [2.75, 3.05) is 10.6 Å². The average molecular weight is 384 g/mol. The molecule has 1 aliphatic rings. The molecule has 29 heavy (non-hydrogen) atoms. The number of nitriles is 1. The molecule has 1 heterocycles. The maximum atomic E-state index is 9.33. The molecule has 0 spiro atoms. The molecule has 1 aromatic heterocycles. The van der Waals surface area contributed by atoms with Crippen LogP contribution in [-0.2, 0) is 13.5 Å². The molecule has 0 fully saturated rings. The first kappa shape index (κ1) is 18.8. The molecule has 0 amide bonds. The molecule has 4 rings (SSSR count). The predicted molar refractivity (Wildman–Crippen MR) is 116 cm³/mol. The molecule has 146 valence electrons. The Morgan fingerprint density at radius 3 is 2.86 bits per heavy atom. The summed E-state index contributed by atoms with van der Waals surface area (Å²) in [5.74, 6) is 0. The number of anilines is 3. The Hall–Kier alpha value is -3.59. The summed E-state index contributed by atoms with van der Waals surface area (Å²) in [5, 5.41) is 28.2. The molecule has 6 nitrogen and oxygen atoms in total. The highest BCUT2D eigenvalue weighted by Gasteiger charge is 2.22. The molecule has 0 saturated heterocycles. The fourth-order valence-corrected chi connectivity index (χ4v) is 4.07. The van der Waals surface area contributed by atoms with Crippen molar-refractivity contribution in [1.82, 2.24) is 9.78 Å². The molecule has 0 radical (unpaired) electrons. The van der Waals surface area contributed by atoms with Crippen LogP contribution in [0, 0.1) is 23.7 Å². The lowest BCUT2D eigenvalue weighted by molar-refractivity contribution is 0.598. The summed E-state index contributed by atoms with van der Waals surface area (Å²) in [5.41, 5.74) is 8.03. The number of nitrogens with zero attached hydrogens (tertiary/aromatic N) is 3. The molecule has 1 atom stereocenters. The highest BCUT2D eigenvalue weighted by atomic mass is 15.3. The van der Waals surface area contributed by atoms with E-state index < -0.39 is 0 Å². The van der Waals surface area contributed by atoms with Crippen LogP contribution in [-0.4, -0.2) is 16.0 Å². The SMILES string of the molecule is Cc1c(C#N)ccc2c1CCC[C@@H]2Nc1ccc(C=N)c(Nc2cnn(C)c2)c1. The zero-order valence-corrected chi connectivity index (χ0v) is 16.7. The molecule has 0 unspecified atom stereocenters. The van der Waals surface area contributed by atoms with Gasteiger partial charge < -0.3 is 16.0 Å². The highest BCUT2D eigenvalue weighted by molar-refractivity contribution is 5.88. The molecular weight excluding hydrogens is 360 g/mol. The van der Waals surface area contributed by atoms with Crippen LogP contribution >= 0.6 is 0 Å². The lowest BCUT2D eigenvalue weighted by atomic mass is 9.83. The molecule has 1 aliphatic carbocycles. The summed E-state index contributed by atoms with van der Waals surface area (Å²) in [7, 11) is 1.88. The summed E-state index contributed by atoms with van der Waals surface area (Å²) in [6.45, 7) is 2.05. The van der Waals surface area contributed by atoms with Gasteiger partial charge in [0.25, 0.3) is 0 Å². The van der Waals surface area contributed by atoms with Gasteiger partial charge in [-0.3, -0.25) is 4.68 Å². The zero-order chi connectivity index (χ0) is 20.4. The van der Waals surface area contributed by atoms with E-state index >= 15 is 0 Å². The number of nitrogens with one attached hydrogen (secondary N) is 3. The lowest BCUT2D eigenvalue weighted by Gasteiger charge is -2.29. The van der Waals surface area contributed by atoms with Gasteiger partial charge in [0.1, 0.15) is 0 Å². The highest BCUT2D eigenvalue weighted by Crippen LogP contribution is 2.36. The smallest absolute Gasteiger partial charge is 0.0994 e. The van der Waals surface area contributed by atoms with Gasteiger partial charge in [0.15, 0.2) is 0 Å². The van der Waals surface area contributed by atoms with E-state index in [9.17, 15) is 5.26 Å². The number of hydrogen-bond donors (Lipinski definition) is 3. The van der Waals surface area contributed by atoms with Crippen molar-refractivity contribution in [3.63, 3.8) is 0 Å². The third-order valence-corrected chi connectivity index (χ3v) is 5.58. The van der Waals surface area contributed by atoms with Crippen molar-refractivity contribution in [2.24, 2.45) is 7.05 Å². The van der Waals surface area contributed by atoms with E-state index in [0.29, 0.717) is 0 Å². The van der Waals surface area contributed by atoms with Crippen LogP contribution in [0.3, 0.4) is 0 Å². The first-order valence-corrected chi connectivity index (χ1v) is 9.78. The lowest BCUT2D eigenvalue weighted by Crippen LogP contribution is -2.18. The van der Waals surface area contributed by atoms with Crippen molar-refractivity contribution in [3.05, 3.63) is 70.5 Å². The first-order chi connectivity index (χ1) is 14.1.